The highest BCUT2D eigenvalue weighted by Crippen LogP contribution is 2.14. The van der Waals surface area contributed by atoms with Gasteiger partial charge in [-0.3, -0.25) is 4.57 Å². The van der Waals surface area contributed by atoms with E-state index in [4.69, 9.17) is 5.11 Å². The van der Waals surface area contributed by atoms with Gasteiger partial charge >= 0.3 is 11.7 Å². The highest BCUT2D eigenvalue weighted by atomic mass is 16.4. The maximum atomic E-state index is 11.8. The quantitative estimate of drug-likeness (QED) is 0.869. The Morgan fingerprint density at radius 3 is 2.78 bits per heavy atom. The molecule has 0 radical (unpaired) electrons. The lowest BCUT2D eigenvalue weighted by Gasteiger charge is -2.06. The van der Waals surface area contributed by atoms with E-state index in [1.165, 1.54) is 12.1 Å². The van der Waals surface area contributed by atoms with Crippen LogP contribution in [-0.4, -0.2) is 20.6 Å². The molecule has 96 valence electrons. The molecule has 0 spiro atoms. The van der Waals surface area contributed by atoms with Crippen molar-refractivity contribution >= 4 is 17.0 Å². The van der Waals surface area contributed by atoms with Gasteiger partial charge in [0.25, 0.3) is 0 Å². The Kier molecular flexibility index (Phi) is 3.23. The van der Waals surface area contributed by atoms with Gasteiger partial charge in [0.1, 0.15) is 0 Å². The predicted molar refractivity (Wildman–Crippen MR) is 69.0 cm³/mol. The fraction of sp³-hybridized carbons (Fsp3) is 0.385. The van der Waals surface area contributed by atoms with Gasteiger partial charge in [0.05, 0.1) is 16.6 Å². The lowest BCUT2D eigenvalue weighted by atomic mass is 10.1. The molecule has 18 heavy (non-hydrogen) atoms. The fourth-order valence-electron chi connectivity index (χ4n) is 1.90. The van der Waals surface area contributed by atoms with Crippen LogP contribution in [0.4, 0.5) is 0 Å². The molecule has 0 aliphatic rings. The first kappa shape index (κ1) is 12.4. The molecule has 0 unspecified atom stereocenters. The third kappa shape index (κ3) is 2.30. The number of carboxylic acids is 1. The molecule has 1 aromatic heterocycles. The van der Waals surface area contributed by atoms with Crippen molar-refractivity contribution in [3.8, 4) is 0 Å². The number of nitrogens with zero attached hydrogens (tertiary/aromatic N) is 1. The second-order valence-electron chi connectivity index (χ2n) is 4.80. The summed E-state index contributed by atoms with van der Waals surface area (Å²) >= 11 is 0. The van der Waals surface area contributed by atoms with Crippen molar-refractivity contribution in [3.63, 3.8) is 0 Å². The predicted octanol–water partition coefficient (Wildman–Crippen LogP) is 2.07. The van der Waals surface area contributed by atoms with Crippen molar-refractivity contribution in [3.05, 3.63) is 34.2 Å². The van der Waals surface area contributed by atoms with Crippen LogP contribution in [0.3, 0.4) is 0 Å². The van der Waals surface area contributed by atoms with Crippen molar-refractivity contribution < 1.29 is 9.90 Å². The maximum Gasteiger partial charge on any atom is 0.335 e. The van der Waals surface area contributed by atoms with E-state index >= 15 is 0 Å². The van der Waals surface area contributed by atoms with Gasteiger partial charge in [-0.2, -0.15) is 0 Å². The Morgan fingerprint density at radius 1 is 1.44 bits per heavy atom. The third-order valence-electron chi connectivity index (χ3n) is 2.95. The summed E-state index contributed by atoms with van der Waals surface area (Å²) < 4.78 is 1.60. The number of aryl methyl sites for hydroxylation is 1. The zero-order valence-electron chi connectivity index (χ0n) is 10.4. The normalized spacial score (nSPS) is 11.3. The number of carboxylic acid groups (broad SMARTS) is 1. The molecule has 0 fully saturated rings. The second-order valence-corrected chi connectivity index (χ2v) is 4.80. The highest BCUT2D eigenvalue weighted by molar-refractivity contribution is 5.92. The van der Waals surface area contributed by atoms with Crippen molar-refractivity contribution in [2.24, 2.45) is 5.92 Å². The summed E-state index contributed by atoms with van der Waals surface area (Å²) in [5.74, 6) is -0.495. The van der Waals surface area contributed by atoms with Crippen LogP contribution in [0.15, 0.2) is 23.0 Å². The molecular formula is C13H16N2O3. The molecule has 1 heterocycles. The zero-order valence-corrected chi connectivity index (χ0v) is 10.4. The SMILES string of the molecule is CC(C)CCn1c(=O)[nH]c2ccc(C(=O)O)cc21. The number of aromatic amines is 1. The summed E-state index contributed by atoms with van der Waals surface area (Å²) in [7, 11) is 0. The summed E-state index contributed by atoms with van der Waals surface area (Å²) in [4.78, 5) is 25.5. The summed E-state index contributed by atoms with van der Waals surface area (Å²) in [6, 6.07) is 4.66. The van der Waals surface area contributed by atoms with Crippen LogP contribution in [0.1, 0.15) is 30.6 Å². The lowest BCUT2D eigenvalue weighted by molar-refractivity contribution is 0.0697. The number of imidazole rings is 1. The zero-order chi connectivity index (χ0) is 13.3. The Bertz CT molecular complexity index is 637. The molecule has 2 rings (SSSR count). The van der Waals surface area contributed by atoms with E-state index in [0.29, 0.717) is 23.5 Å². The largest absolute Gasteiger partial charge is 0.478 e. The number of rotatable bonds is 4. The Morgan fingerprint density at radius 2 is 2.17 bits per heavy atom. The van der Waals surface area contributed by atoms with Gasteiger partial charge in [-0.25, -0.2) is 9.59 Å². The fourth-order valence-corrected chi connectivity index (χ4v) is 1.90. The van der Waals surface area contributed by atoms with E-state index in [0.717, 1.165) is 6.42 Å². The average molecular weight is 248 g/mol. The minimum Gasteiger partial charge on any atom is -0.478 e. The van der Waals surface area contributed by atoms with Crippen LogP contribution in [0.2, 0.25) is 0 Å². The molecule has 0 saturated carbocycles. The molecule has 0 bridgehead atoms. The molecule has 0 aliphatic carbocycles. The van der Waals surface area contributed by atoms with Gasteiger partial charge in [-0.05, 0) is 30.5 Å². The summed E-state index contributed by atoms with van der Waals surface area (Å²) in [6.07, 6.45) is 0.879. The van der Waals surface area contributed by atoms with Crippen LogP contribution in [0.25, 0.3) is 11.0 Å². The monoisotopic (exact) mass is 248 g/mol. The number of benzene rings is 1. The van der Waals surface area contributed by atoms with E-state index in [9.17, 15) is 9.59 Å². The summed E-state index contributed by atoms with van der Waals surface area (Å²) in [6.45, 7) is 4.77. The molecular weight excluding hydrogens is 232 g/mol. The summed E-state index contributed by atoms with van der Waals surface area (Å²) in [5.41, 5.74) is 1.34. The Labute approximate surface area is 104 Å². The average Bonchev–Trinajstić information content (AvgIpc) is 2.60. The molecule has 0 atom stereocenters. The first-order valence-electron chi connectivity index (χ1n) is 5.95. The third-order valence-corrected chi connectivity index (χ3v) is 2.95. The number of hydrogen-bond acceptors (Lipinski definition) is 2. The number of aromatic carboxylic acids is 1. The van der Waals surface area contributed by atoms with Crippen molar-refractivity contribution in [1.82, 2.24) is 9.55 Å². The number of fused-ring (bicyclic) bond motifs is 1. The van der Waals surface area contributed by atoms with Crippen LogP contribution < -0.4 is 5.69 Å². The lowest BCUT2D eigenvalue weighted by Crippen LogP contribution is -2.17. The van der Waals surface area contributed by atoms with Crippen LogP contribution >= 0.6 is 0 Å². The molecule has 0 aliphatic heterocycles. The molecule has 5 nitrogen and oxygen atoms in total. The van der Waals surface area contributed by atoms with Gasteiger partial charge in [0.2, 0.25) is 0 Å². The minimum atomic E-state index is -0.985. The Balaban J connectivity index is 2.50. The van der Waals surface area contributed by atoms with Crippen molar-refractivity contribution in [1.29, 1.82) is 0 Å². The van der Waals surface area contributed by atoms with Gasteiger partial charge in [0, 0.05) is 6.54 Å². The van der Waals surface area contributed by atoms with E-state index < -0.39 is 5.97 Å². The number of H-pyrrole nitrogens is 1. The maximum absolute atomic E-state index is 11.8. The van der Waals surface area contributed by atoms with E-state index in [-0.39, 0.29) is 11.3 Å². The van der Waals surface area contributed by atoms with E-state index in [1.807, 2.05) is 0 Å². The van der Waals surface area contributed by atoms with Crippen LogP contribution in [-0.2, 0) is 6.54 Å². The van der Waals surface area contributed by atoms with Crippen LogP contribution in [0.5, 0.6) is 0 Å². The van der Waals surface area contributed by atoms with E-state index in [2.05, 4.69) is 18.8 Å². The molecule has 0 amide bonds. The Hall–Kier alpha value is -2.04. The topological polar surface area (TPSA) is 75.1 Å². The van der Waals surface area contributed by atoms with Crippen molar-refractivity contribution in [2.45, 2.75) is 26.8 Å². The van der Waals surface area contributed by atoms with Crippen molar-refractivity contribution in [2.75, 3.05) is 0 Å². The first-order valence-corrected chi connectivity index (χ1v) is 5.95. The number of nitrogens with one attached hydrogen (secondary N) is 1. The minimum absolute atomic E-state index is 0.187. The number of carbonyl (C=O) groups is 1. The molecule has 2 N–H and O–H groups in total. The summed E-state index contributed by atoms with van der Waals surface area (Å²) in [5, 5.41) is 8.96. The molecule has 0 saturated heterocycles. The smallest absolute Gasteiger partial charge is 0.335 e. The van der Waals surface area contributed by atoms with E-state index in [1.54, 1.807) is 10.6 Å². The van der Waals surface area contributed by atoms with Gasteiger partial charge < -0.3 is 10.1 Å². The first-order chi connectivity index (χ1) is 8.49. The van der Waals surface area contributed by atoms with Gasteiger partial charge in [-0.15, -0.1) is 0 Å². The highest BCUT2D eigenvalue weighted by Gasteiger charge is 2.10. The van der Waals surface area contributed by atoms with Crippen LogP contribution in [0, 0.1) is 5.92 Å². The standard InChI is InChI=1S/C13H16N2O3/c1-8(2)5-6-15-11-7-9(12(16)17)3-4-10(11)14-13(15)18/h3-4,7-8H,5-6H2,1-2H3,(H,14,18)(H,16,17). The number of aromatic nitrogens is 2. The second kappa shape index (κ2) is 4.68. The molecule has 5 heteroatoms. The molecule has 1 aromatic carbocycles. The molecule has 2 aromatic rings. The van der Waals surface area contributed by atoms with Gasteiger partial charge in [0.15, 0.2) is 0 Å². The number of hydrogen-bond donors (Lipinski definition) is 2. The van der Waals surface area contributed by atoms with Gasteiger partial charge in [-0.1, -0.05) is 13.8 Å².